The topological polar surface area (TPSA) is 101 Å². The quantitative estimate of drug-likeness (QED) is 0.247. The molecule has 0 radical (unpaired) electrons. The van der Waals surface area contributed by atoms with Gasteiger partial charge in [-0.2, -0.15) is 13.2 Å². The van der Waals surface area contributed by atoms with E-state index in [0.717, 1.165) is 23.3 Å². The van der Waals surface area contributed by atoms with Crippen LogP contribution in [0.2, 0.25) is 0 Å². The Balaban J connectivity index is 1.55. The van der Waals surface area contributed by atoms with Crippen molar-refractivity contribution in [1.82, 2.24) is 24.9 Å². The third-order valence-electron chi connectivity index (χ3n) is 5.72. The predicted molar refractivity (Wildman–Crippen MR) is 137 cm³/mol. The average Bonchev–Trinajstić information content (AvgIpc) is 2.90. The summed E-state index contributed by atoms with van der Waals surface area (Å²) < 4.78 is 39.5. The van der Waals surface area contributed by atoms with Gasteiger partial charge in [0.2, 0.25) is 0 Å². The first kappa shape index (κ1) is 23.9. The molecule has 0 saturated carbocycles. The van der Waals surface area contributed by atoms with E-state index in [-0.39, 0.29) is 5.69 Å². The fourth-order valence-corrected chi connectivity index (χ4v) is 3.87. The van der Waals surface area contributed by atoms with Crippen LogP contribution in [-0.4, -0.2) is 32.0 Å². The van der Waals surface area contributed by atoms with Gasteiger partial charge >= 0.3 is 6.18 Å². The maximum absolute atomic E-state index is 13.2. The zero-order chi connectivity index (χ0) is 26.0. The van der Waals surface area contributed by atoms with Crippen LogP contribution in [0.4, 0.5) is 42.0 Å². The van der Waals surface area contributed by atoms with Gasteiger partial charge in [-0.15, -0.1) is 0 Å². The Morgan fingerprint density at radius 2 is 1.62 bits per heavy atom. The molecule has 3 aromatic heterocycles. The van der Waals surface area contributed by atoms with Crippen LogP contribution in [0, 0.1) is 6.92 Å². The van der Waals surface area contributed by atoms with Crippen LogP contribution in [0.25, 0.3) is 22.2 Å². The van der Waals surface area contributed by atoms with Crippen molar-refractivity contribution in [2.24, 2.45) is 0 Å². The molecule has 5 aromatic rings. The van der Waals surface area contributed by atoms with Crippen LogP contribution in [-0.2, 0) is 6.18 Å². The number of rotatable bonds is 6. The van der Waals surface area contributed by atoms with E-state index in [1.165, 1.54) is 18.7 Å². The van der Waals surface area contributed by atoms with Crippen LogP contribution >= 0.6 is 0 Å². The van der Waals surface area contributed by atoms with Gasteiger partial charge in [-0.3, -0.25) is 0 Å². The number of nitrogens with zero attached hydrogens (tertiary/aromatic N) is 5. The zero-order valence-corrected chi connectivity index (χ0v) is 19.8. The lowest BCUT2D eigenvalue weighted by atomic mass is 10.1. The Kier molecular flexibility index (Phi) is 6.26. The number of benzene rings is 2. The van der Waals surface area contributed by atoms with Crippen LogP contribution < -0.4 is 16.0 Å². The van der Waals surface area contributed by atoms with E-state index in [1.807, 2.05) is 37.3 Å². The molecule has 0 amide bonds. The van der Waals surface area contributed by atoms with E-state index in [2.05, 4.69) is 40.9 Å². The van der Waals surface area contributed by atoms with Crippen molar-refractivity contribution in [2.45, 2.75) is 13.1 Å². The monoisotopic (exact) mass is 502 g/mol. The van der Waals surface area contributed by atoms with E-state index in [0.29, 0.717) is 39.7 Å². The number of anilines is 5. The number of pyridine rings is 1. The standard InChI is InChI=1S/C26H21F3N8/c1-15-8-9-19-23(34-14-35-25(19)36-17-6-3-5-16(11-17)26(27,28)29)22(15)37-24-18(7-4-10-31-24)20-12-21(30-2)33-13-32-20/h3-14H,1-2H3,(H,31,37)(H,30,32,33)(H,34,35,36). The lowest BCUT2D eigenvalue weighted by Crippen LogP contribution is -2.06. The molecule has 8 nitrogen and oxygen atoms in total. The Bertz CT molecular complexity index is 1590. The molecule has 37 heavy (non-hydrogen) atoms. The minimum atomic E-state index is -4.45. The lowest BCUT2D eigenvalue weighted by molar-refractivity contribution is -0.137. The molecule has 0 aliphatic heterocycles. The first-order valence-corrected chi connectivity index (χ1v) is 11.2. The van der Waals surface area contributed by atoms with Crippen LogP contribution in [0.3, 0.4) is 0 Å². The van der Waals surface area contributed by atoms with Gasteiger partial charge in [0.25, 0.3) is 0 Å². The fraction of sp³-hybridized carbons (Fsp3) is 0.115. The second-order valence-electron chi connectivity index (χ2n) is 8.14. The highest BCUT2D eigenvalue weighted by atomic mass is 19.4. The summed E-state index contributed by atoms with van der Waals surface area (Å²) in [6, 6.07) is 14.2. The SMILES string of the molecule is CNc1cc(-c2cccnc2Nc2c(C)ccc3c(Nc4cccc(C(F)(F)F)c4)ncnc23)ncn1. The van der Waals surface area contributed by atoms with Crippen molar-refractivity contribution in [2.75, 3.05) is 23.0 Å². The number of hydrogen-bond acceptors (Lipinski definition) is 8. The Hall–Kier alpha value is -4.80. The zero-order valence-electron chi connectivity index (χ0n) is 19.8. The van der Waals surface area contributed by atoms with Crippen molar-refractivity contribution in [3.8, 4) is 11.3 Å². The summed E-state index contributed by atoms with van der Waals surface area (Å²) in [6.45, 7) is 1.93. The molecule has 0 unspecified atom stereocenters. The minimum absolute atomic E-state index is 0.265. The molecule has 5 rings (SSSR count). The van der Waals surface area contributed by atoms with Crippen LogP contribution in [0.1, 0.15) is 11.1 Å². The third kappa shape index (κ3) is 4.96. The van der Waals surface area contributed by atoms with Crippen molar-refractivity contribution >= 4 is 39.7 Å². The number of alkyl halides is 3. The Labute approximate surface area is 210 Å². The van der Waals surface area contributed by atoms with E-state index < -0.39 is 11.7 Å². The highest BCUT2D eigenvalue weighted by Gasteiger charge is 2.30. The maximum atomic E-state index is 13.2. The second-order valence-corrected chi connectivity index (χ2v) is 8.14. The summed E-state index contributed by atoms with van der Waals surface area (Å²) >= 11 is 0. The molecule has 11 heteroatoms. The minimum Gasteiger partial charge on any atom is -0.373 e. The number of halogens is 3. The summed E-state index contributed by atoms with van der Waals surface area (Å²) in [5.74, 6) is 1.60. The molecule has 3 heterocycles. The highest BCUT2D eigenvalue weighted by molar-refractivity contribution is 6.00. The third-order valence-corrected chi connectivity index (χ3v) is 5.72. The normalized spacial score (nSPS) is 11.4. The van der Waals surface area contributed by atoms with Crippen molar-refractivity contribution in [1.29, 1.82) is 0 Å². The summed E-state index contributed by atoms with van der Waals surface area (Å²) in [6.07, 6.45) is 0.0611. The molecule has 0 atom stereocenters. The molecule has 0 fully saturated rings. The summed E-state index contributed by atoms with van der Waals surface area (Å²) in [7, 11) is 1.78. The summed E-state index contributed by atoms with van der Waals surface area (Å²) in [5.41, 5.74) is 3.12. The Morgan fingerprint density at radius 3 is 2.43 bits per heavy atom. The van der Waals surface area contributed by atoms with Crippen molar-refractivity contribution < 1.29 is 13.2 Å². The second kappa shape index (κ2) is 9.69. The molecular weight excluding hydrogens is 481 g/mol. The molecule has 0 saturated heterocycles. The van der Waals surface area contributed by atoms with Gasteiger partial charge in [0.15, 0.2) is 0 Å². The fourth-order valence-electron chi connectivity index (χ4n) is 3.87. The molecule has 186 valence electrons. The van der Waals surface area contributed by atoms with E-state index >= 15 is 0 Å². The maximum Gasteiger partial charge on any atom is 0.416 e. The van der Waals surface area contributed by atoms with Crippen LogP contribution in [0.5, 0.6) is 0 Å². The average molecular weight is 503 g/mol. The van der Waals surface area contributed by atoms with Gasteiger partial charge in [0.1, 0.15) is 30.1 Å². The molecule has 0 aliphatic carbocycles. The number of nitrogens with one attached hydrogen (secondary N) is 3. The van der Waals surface area contributed by atoms with Gasteiger partial charge in [0.05, 0.1) is 22.5 Å². The number of aryl methyl sites for hydroxylation is 1. The largest absolute Gasteiger partial charge is 0.416 e. The van der Waals surface area contributed by atoms with Crippen LogP contribution in [0.15, 0.2) is 73.4 Å². The first-order valence-electron chi connectivity index (χ1n) is 11.2. The predicted octanol–water partition coefficient (Wildman–Crippen LogP) is 6.34. The van der Waals surface area contributed by atoms with Gasteiger partial charge < -0.3 is 16.0 Å². The highest BCUT2D eigenvalue weighted by Crippen LogP contribution is 2.36. The number of aromatic nitrogens is 5. The Morgan fingerprint density at radius 1 is 0.784 bits per heavy atom. The van der Waals surface area contributed by atoms with Crippen molar-refractivity contribution in [3.63, 3.8) is 0 Å². The van der Waals surface area contributed by atoms with Gasteiger partial charge in [-0.25, -0.2) is 24.9 Å². The molecule has 0 bridgehead atoms. The summed E-state index contributed by atoms with van der Waals surface area (Å²) in [5, 5.41) is 10.0. The molecule has 0 aliphatic rings. The van der Waals surface area contributed by atoms with E-state index in [1.54, 1.807) is 19.3 Å². The van der Waals surface area contributed by atoms with Gasteiger partial charge in [0, 0.05) is 35.9 Å². The number of hydrogen-bond donors (Lipinski definition) is 3. The smallest absolute Gasteiger partial charge is 0.373 e. The molecule has 2 aromatic carbocycles. The first-order chi connectivity index (χ1) is 17.8. The van der Waals surface area contributed by atoms with E-state index in [4.69, 9.17) is 0 Å². The van der Waals surface area contributed by atoms with Crippen molar-refractivity contribution in [3.05, 3.63) is 84.6 Å². The molecule has 0 spiro atoms. The molecular formula is C26H21F3N8. The molecule has 3 N–H and O–H groups in total. The number of fused-ring (bicyclic) bond motifs is 1. The van der Waals surface area contributed by atoms with Gasteiger partial charge in [-0.05, 0) is 48.9 Å². The summed E-state index contributed by atoms with van der Waals surface area (Å²) in [4.78, 5) is 21.8. The van der Waals surface area contributed by atoms with E-state index in [9.17, 15) is 13.2 Å². The lowest BCUT2D eigenvalue weighted by Gasteiger charge is -2.16. The van der Waals surface area contributed by atoms with Gasteiger partial charge in [-0.1, -0.05) is 12.1 Å².